The van der Waals surface area contributed by atoms with Gasteiger partial charge in [-0.3, -0.25) is 4.79 Å². The number of carbonyl (C=O) groups excluding carboxylic acids is 4. The number of hydrogen-bond acceptors (Lipinski definition) is 8. The molecule has 0 fully saturated rings. The molecule has 0 aliphatic carbocycles. The number of Topliss-reactive ketones (excluding diaryl/α,β-unsaturated/α-hetero) is 1. The Morgan fingerprint density at radius 1 is 0.696 bits per heavy atom. The lowest BCUT2D eigenvalue weighted by Gasteiger charge is -2.19. The summed E-state index contributed by atoms with van der Waals surface area (Å²) in [6, 6.07) is 0. The lowest BCUT2D eigenvalue weighted by molar-refractivity contribution is -0.181. The number of rotatable bonds is 9. The minimum Gasteiger partial charge on any atom is -0.452 e. The molecule has 8 heteroatoms. The second-order valence-corrected chi connectivity index (χ2v) is 4.94. The topological polar surface area (TPSA) is 105 Å². The summed E-state index contributed by atoms with van der Waals surface area (Å²) in [4.78, 5) is 46.3. The van der Waals surface area contributed by atoms with E-state index < -0.39 is 42.3 Å². The van der Waals surface area contributed by atoms with Crippen molar-refractivity contribution in [1.82, 2.24) is 0 Å². The average molecular weight is 332 g/mol. The van der Waals surface area contributed by atoms with E-state index in [0.717, 1.165) is 0 Å². The first-order valence-corrected chi connectivity index (χ1v) is 7.30. The average Bonchev–Trinajstić information content (AvgIpc) is 2.52. The summed E-state index contributed by atoms with van der Waals surface area (Å²) in [6.07, 6.45) is -3.94. The summed E-state index contributed by atoms with van der Waals surface area (Å²) in [5, 5.41) is 0. The normalized spacial score (nSPS) is 15.7. The standard InChI is InChI=1S/C15H24O8/c1-7-12(16)8(2)21-14(18)10(4)23-15(19)11(5)22-13(17)9(3)20-6/h8-11H,7H2,1-6H3/t8-,9+,10-,11+/m1/s1. The van der Waals surface area contributed by atoms with Crippen LogP contribution < -0.4 is 0 Å². The molecule has 0 aliphatic heterocycles. The van der Waals surface area contributed by atoms with Crippen molar-refractivity contribution in [2.75, 3.05) is 7.11 Å². The molecule has 4 atom stereocenters. The van der Waals surface area contributed by atoms with E-state index in [4.69, 9.17) is 18.9 Å². The highest BCUT2D eigenvalue weighted by Crippen LogP contribution is 2.06. The highest BCUT2D eigenvalue weighted by Gasteiger charge is 2.28. The fourth-order valence-electron chi connectivity index (χ4n) is 1.36. The number of ether oxygens (including phenoxy) is 4. The minimum absolute atomic E-state index is 0.229. The zero-order chi connectivity index (χ0) is 18.2. The Morgan fingerprint density at radius 2 is 1.04 bits per heavy atom. The van der Waals surface area contributed by atoms with E-state index in [1.165, 1.54) is 34.8 Å². The van der Waals surface area contributed by atoms with Crippen LogP contribution in [0.5, 0.6) is 0 Å². The zero-order valence-electron chi connectivity index (χ0n) is 14.3. The fourth-order valence-corrected chi connectivity index (χ4v) is 1.36. The molecule has 0 radical (unpaired) electrons. The predicted octanol–water partition coefficient (Wildman–Crippen LogP) is 0.795. The molecular weight excluding hydrogens is 308 g/mol. The number of carbonyl (C=O) groups is 4. The van der Waals surface area contributed by atoms with Crippen LogP contribution in [0.2, 0.25) is 0 Å². The van der Waals surface area contributed by atoms with Gasteiger partial charge in [0.15, 0.2) is 30.2 Å². The fraction of sp³-hybridized carbons (Fsp3) is 0.733. The third-order valence-electron chi connectivity index (χ3n) is 3.03. The molecule has 0 rings (SSSR count). The Morgan fingerprint density at radius 3 is 1.39 bits per heavy atom. The highest BCUT2D eigenvalue weighted by molar-refractivity contribution is 5.87. The second-order valence-electron chi connectivity index (χ2n) is 4.94. The Bertz CT molecular complexity index is 445. The van der Waals surface area contributed by atoms with E-state index in [9.17, 15) is 19.2 Å². The number of esters is 3. The molecule has 0 saturated heterocycles. The Labute approximate surface area is 135 Å². The van der Waals surface area contributed by atoms with Gasteiger partial charge in [0.2, 0.25) is 0 Å². The molecule has 0 aromatic carbocycles. The van der Waals surface area contributed by atoms with Crippen LogP contribution in [0.25, 0.3) is 0 Å². The van der Waals surface area contributed by atoms with Crippen LogP contribution in [0.15, 0.2) is 0 Å². The Kier molecular flexibility index (Phi) is 9.09. The first-order chi connectivity index (χ1) is 10.6. The van der Waals surface area contributed by atoms with Crippen molar-refractivity contribution in [1.29, 1.82) is 0 Å². The molecule has 0 bridgehead atoms. The second kappa shape index (κ2) is 9.94. The van der Waals surface area contributed by atoms with E-state index in [2.05, 4.69) is 0 Å². The van der Waals surface area contributed by atoms with Crippen molar-refractivity contribution in [2.45, 2.75) is 65.5 Å². The van der Waals surface area contributed by atoms with Crippen LogP contribution in [0.1, 0.15) is 41.0 Å². The summed E-state index contributed by atoms with van der Waals surface area (Å²) in [5.74, 6) is -2.72. The predicted molar refractivity (Wildman–Crippen MR) is 78.4 cm³/mol. The van der Waals surface area contributed by atoms with Crippen molar-refractivity contribution in [3.63, 3.8) is 0 Å². The van der Waals surface area contributed by atoms with Gasteiger partial charge in [0.25, 0.3) is 0 Å². The number of ketones is 1. The largest absolute Gasteiger partial charge is 0.452 e. The first-order valence-electron chi connectivity index (χ1n) is 7.30. The van der Waals surface area contributed by atoms with E-state index in [1.807, 2.05) is 0 Å². The van der Waals surface area contributed by atoms with Crippen LogP contribution >= 0.6 is 0 Å². The molecule has 0 unspecified atom stereocenters. The van der Waals surface area contributed by atoms with Gasteiger partial charge in [-0.25, -0.2) is 14.4 Å². The molecule has 0 aromatic heterocycles. The van der Waals surface area contributed by atoms with Gasteiger partial charge < -0.3 is 18.9 Å². The first kappa shape index (κ1) is 21.0. The summed E-state index contributed by atoms with van der Waals surface area (Å²) in [7, 11) is 1.33. The molecular formula is C15H24O8. The van der Waals surface area contributed by atoms with Crippen LogP contribution in [-0.4, -0.2) is 55.2 Å². The van der Waals surface area contributed by atoms with E-state index >= 15 is 0 Å². The van der Waals surface area contributed by atoms with Crippen molar-refractivity contribution < 1.29 is 38.1 Å². The Balaban J connectivity index is 4.45. The number of methoxy groups -OCH3 is 1. The van der Waals surface area contributed by atoms with Crippen molar-refractivity contribution in [2.24, 2.45) is 0 Å². The summed E-state index contributed by atoms with van der Waals surface area (Å²) >= 11 is 0. The van der Waals surface area contributed by atoms with Crippen LogP contribution in [0.4, 0.5) is 0 Å². The van der Waals surface area contributed by atoms with Crippen LogP contribution in [0.3, 0.4) is 0 Å². The lowest BCUT2D eigenvalue weighted by atomic mass is 10.2. The molecule has 0 aromatic rings. The van der Waals surface area contributed by atoms with Gasteiger partial charge in [0.05, 0.1) is 0 Å². The van der Waals surface area contributed by atoms with E-state index in [-0.39, 0.29) is 12.2 Å². The third kappa shape index (κ3) is 7.23. The van der Waals surface area contributed by atoms with Gasteiger partial charge in [0, 0.05) is 13.5 Å². The van der Waals surface area contributed by atoms with Crippen molar-refractivity contribution in [3.05, 3.63) is 0 Å². The summed E-state index contributed by atoms with van der Waals surface area (Å²) in [5.41, 5.74) is 0. The molecule has 8 nitrogen and oxygen atoms in total. The van der Waals surface area contributed by atoms with Crippen molar-refractivity contribution in [3.8, 4) is 0 Å². The molecule has 0 amide bonds. The maximum Gasteiger partial charge on any atom is 0.347 e. The number of hydrogen-bond donors (Lipinski definition) is 0. The molecule has 0 spiro atoms. The smallest absolute Gasteiger partial charge is 0.347 e. The van der Waals surface area contributed by atoms with Crippen LogP contribution in [0, 0.1) is 0 Å². The quantitative estimate of drug-likeness (QED) is 0.451. The Hall–Kier alpha value is -1.96. The molecule has 0 aliphatic rings. The minimum atomic E-state index is -1.23. The van der Waals surface area contributed by atoms with Gasteiger partial charge in [-0.15, -0.1) is 0 Å². The molecule has 23 heavy (non-hydrogen) atoms. The summed E-state index contributed by atoms with van der Waals surface area (Å²) in [6.45, 7) is 7.16. The monoisotopic (exact) mass is 332 g/mol. The SMILES string of the molecule is CCC(=O)[C@@H](C)OC(=O)[C@@H](C)OC(=O)[C@H](C)OC(=O)[C@H](C)OC. The van der Waals surface area contributed by atoms with Gasteiger partial charge in [0.1, 0.15) is 0 Å². The van der Waals surface area contributed by atoms with Crippen LogP contribution in [-0.2, 0) is 38.1 Å². The lowest BCUT2D eigenvalue weighted by Crippen LogP contribution is -2.36. The van der Waals surface area contributed by atoms with Gasteiger partial charge >= 0.3 is 17.9 Å². The highest BCUT2D eigenvalue weighted by atomic mass is 16.6. The maximum absolute atomic E-state index is 11.8. The third-order valence-corrected chi connectivity index (χ3v) is 3.03. The zero-order valence-corrected chi connectivity index (χ0v) is 14.3. The van der Waals surface area contributed by atoms with Gasteiger partial charge in [-0.05, 0) is 27.7 Å². The summed E-state index contributed by atoms with van der Waals surface area (Å²) < 4.78 is 19.3. The van der Waals surface area contributed by atoms with Gasteiger partial charge in [-0.2, -0.15) is 0 Å². The molecule has 132 valence electrons. The van der Waals surface area contributed by atoms with E-state index in [1.54, 1.807) is 6.92 Å². The van der Waals surface area contributed by atoms with Crippen molar-refractivity contribution >= 4 is 23.7 Å². The maximum atomic E-state index is 11.8. The molecule has 0 heterocycles. The molecule has 0 saturated carbocycles. The molecule has 0 N–H and O–H groups in total. The van der Waals surface area contributed by atoms with E-state index in [0.29, 0.717) is 0 Å². The van der Waals surface area contributed by atoms with Gasteiger partial charge in [-0.1, -0.05) is 6.92 Å².